The number of thiazole rings is 1. The van der Waals surface area contributed by atoms with E-state index in [2.05, 4.69) is 63.7 Å². The number of guanidine groups is 1. The molecule has 1 aromatic carbocycles. The largest absolute Gasteiger partial charge is 0.357 e. The Morgan fingerprint density at radius 2 is 2.08 bits per heavy atom. The lowest BCUT2D eigenvalue weighted by Gasteiger charge is -2.10. The van der Waals surface area contributed by atoms with Gasteiger partial charge < -0.3 is 15.6 Å². The fraction of sp³-hybridized carbons (Fsp3) is 0.368. The SMILES string of the molecule is CCNC(=NCc1cc2ccccc2[nH]1)NCCc1ncc(CC)s1.I. The van der Waals surface area contributed by atoms with Crippen molar-refractivity contribution in [3.05, 3.63) is 52.1 Å². The molecule has 0 atom stereocenters. The third-order valence-electron chi connectivity index (χ3n) is 3.92. The average molecular weight is 483 g/mol. The van der Waals surface area contributed by atoms with E-state index in [1.807, 2.05) is 12.3 Å². The Labute approximate surface area is 175 Å². The summed E-state index contributed by atoms with van der Waals surface area (Å²) in [6.07, 6.45) is 3.95. The number of para-hydroxylation sites is 1. The fourth-order valence-electron chi connectivity index (χ4n) is 2.64. The Morgan fingerprint density at radius 3 is 2.81 bits per heavy atom. The number of aromatic nitrogens is 2. The first kappa shape index (κ1) is 20.7. The number of hydrogen-bond donors (Lipinski definition) is 3. The zero-order valence-electron chi connectivity index (χ0n) is 15.2. The third-order valence-corrected chi connectivity index (χ3v) is 5.12. The molecule has 3 rings (SSSR count). The van der Waals surface area contributed by atoms with Gasteiger partial charge in [0.05, 0.1) is 11.6 Å². The summed E-state index contributed by atoms with van der Waals surface area (Å²) in [6.45, 7) is 6.54. The molecule has 0 bridgehead atoms. The summed E-state index contributed by atoms with van der Waals surface area (Å²) in [5.41, 5.74) is 2.27. The molecule has 0 amide bonds. The van der Waals surface area contributed by atoms with Crippen molar-refractivity contribution in [3.63, 3.8) is 0 Å². The molecule has 0 unspecified atom stereocenters. The molecule has 0 fully saturated rings. The van der Waals surface area contributed by atoms with Crippen LogP contribution in [0.4, 0.5) is 0 Å². The van der Waals surface area contributed by atoms with Crippen LogP contribution in [0, 0.1) is 0 Å². The Balaban J connectivity index is 0.00000243. The van der Waals surface area contributed by atoms with Crippen LogP contribution in [0.2, 0.25) is 0 Å². The Bertz CT molecular complexity index is 806. The van der Waals surface area contributed by atoms with Gasteiger partial charge >= 0.3 is 0 Å². The molecule has 2 heterocycles. The second-order valence-electron chi connectivity index (χ2n) is 5.83. The van der Waals surface area contributed by atoms with E-state index in [9.17, 15) is 0 Å². The standard InChI is InChI=1S/C19H25N5S.HI/c1-3-16-13-22-18(25-16)9-10-21-19(20-4-2)23-12-15-11-14-7-5-6-8-17(14)24-15;/h5-8,11,13,24H,3-4,9-10,12H2,1-2H3,(H2,20,21,23);1H. The number of nitrogens with zero attached hydrogens (tertiary/aromatic N) is 2. The maximum Gasteiger partial charge on any atom is 0.191 e. The number of aryl methyl sites for hydroxylation is 1. The second-order valence-corrected chi connectivity index (χ2v) is 7.03. The highest BCUT2D eigenvalue weighted by molar-refractivity contribution is 14.0. The maximum atomic E-state index is 4.68. The minimum Gasteiger partial charge on any atom is -0.357 e. The van der Waals surface area contributed by atoms with Crippen molar-refractivity contribution in [1.82, 2.24) is 20.6 Å². The van der Waals surface area contributed by atoms with Crippen molar-refractivity contribution in [2.45, 2.75) is 33.2 Å². The lowest BCUT2D eigenvalue weighted by molar-refractivity contribution is 0.795. The molecule has 0 saturated carbocycles. The summed E-state index contributed by atoms with van der Waals surface area (Å²) in [5.74, 6) is 0.841. The van der Waals surface area contributed by atoms with Crippen molar-refractivity contribution < 1.29 is 0 Å². The number of fused-ring (bicyclic) bond motifs is 1. The van der Waals surface area contributed by atoms with Crippen molar-refractivity contribution in [3.8, 4) is 0 Å². The molecular formula is C19H26IN5S. The summed E-state index contributed by atoms with van der Waals surface area (Å²) in [6, 6.07) is 10.5. The number of H-pyrrole nitrogens is 1. The molecule has 26 heavy (non-hydrogen) atoms. The molecule has 7 heteroatoms. The summed E-state index contributed by atoms with van der Waals surface area (Å²) < 4.78 is 0. The van der Waals surface area contributed by atoms with Gasteiger partial charge in [0, 0.05) is 41.8 Å². The molecule has 0 aliphatic rings. The van der Waals surface area contributed by atoms with E-state index in [1.165, 1.54) is 15.3 Å². The van der Waals surface area contributed by atoms with Gasteiger partial charge in [-0.25, -0.2) is 9.98 Å². The second kappa shape index (κ2) is 10.5. The van der Waals surface area contributed by atoms with Gasteiger partial charge in [-0.1, -0.05) is 25.1 Å². The lowest BCUT2D eigenvalue weighted by Crippen LogP contribution is -2.38. The minimum atomic E-state index is 0. The normalized spacial score (nSPS) is 11.4. The summed E-state index contributed by atoms with van der Waals surface area (Å²) in [4.78, 5) is 13.9. The maximum absolute atomic E-state index is 4.68. The Morgan fingerprint density at radius 1 is 1.23 bits per heavy atom. The van der Waals surface area contributed by atoms with Gasteiger partial charge in [0.15, 0.2) is 5.96 Å². The highest BCUT2D eigenvalue weighted by atomic mass is 127. The van der Waals surface area contributed by atoms with Crippen LogP contribution in [0.3, 0.4) is 0 Å². The van der Waals surface area contributed by atoms with Crippen LogP contribution in [-0.4, -0.2) is 29.0 Å². The van der Waals surface area contributed by atoms with E-state index in [4.69, 9.17) is 0 Å². The fourth-order valence-corrected chi connectivity index (χ4v) is 3.50. The van der Waals surface area contributed by atoms with E-state index >= 15 is 0 Å². The molecule has 2 aromatic heterocycles. The molecule has 0 aliphatic carbocycles. The number of hydrogen-bond acceptors (Lipinski definition) is 3. The molecule has 140 valence electrons. The first-order chi connectivity index (χ1) is 12.3. The average Bonchev–Trinajstić information content (AvgIpc) is 3.25. The topological polar surface area (TPSA) is 65.1 Å². The minimum absolute atomic E-state index is 0. The molecule has 3 N–H and O–H groups in total. The molecule has 5 nitrogen and oxygen atoms in total. The van der Waals surface area contributed by atoms with Gasteiger partial charge in [0.1, 0.15) is 0 Å². The van der Waals surface area contributed by atoms with Gasteiger partial charge in [0.2, 0.25) is 0 Å². The van der Waals surface area contributed by atoms with Gasteiger partial charge in [-0.2, -0.15) is 0 Å². The number of aliphatic imine (C=N–C) groups is 1. The predicted molar refractivity (Wildman–Crippen MR) is 122 cm³/mol. The van der Waals surface area contributed by atoms with Crippen LogP contribution in [-0.2, 0) is 19.4 Å². The van der Waals surface area contributed by atoms with Crippen LogP contribution in [0.15, 0.2) is 41.5 Å². The van der Waals surface area contributed by atoms with Gasteiger partial charge in [0.25, 0.3) is 0 Å². The molecule has 3 aromatic rings. The first-order valence-corrected chi connectivity index (χ1v) is 9.62. The van der Waals surface area contributed by atoms with Gasteiger partial charge in [-0.3, -0.25) is 0 Å². The lowest BCUT2D eigenvalue weighted by atomic mass is 10.2. The van der Waals surface area contributed by atoms with Crippen LogP contribution in [0.1, 0.15) is 29.4 Å². The number of rotatable bonds is 7. The van der Waals surface area contributed by atoms with Crippen molar-refractivity contribution in [2.75, 3.05) is 13.1 Å². The highest BCUT2D eigenvalue weighted by Crippen LogP contribution is 2.15. The van der Waals surface area contributed by atoms with E-state index in [0.717, 1.165) is 43.1 Å². The molecule has 0 radical (unpaired) electrons. The quantitative estimate of drug-likeness (QED) is 0.269. The van der Waals surface area contributed by atoms with E-state index in [0.29, 0.717) is 6.54 Å². The van der Waals surface area contributed by atoms with Crippen LogP contribution in [0.25, 0.3) is 10.9 Å². The Kier molecular flexibility index (Phi) is 8.37. The summed E-state index contributed by atoms with van der Waals surface area (Å²) >= 11 is 1.79. The van der Waals surface area contributed by atoms with Crippen molar-refractivity contribution in [2.24, 2.45) is 4.99 Å². The summed E-state index contributed by atoms with van der Waals surface area (Å²) in [7, 11) is 0. The molecule has 0 saturated heterocycles. The number of nitrogens with one attached hydrogen (secondary N) is 3. The van der Waals surface area contributed by atoms with Gasteiger partial charge in [-0.15, -0.1) is 35.3 Å². The van der Waals surface area contributed by atoms with Crippen LogP contribution in [0.5, 0.6) is 0 Å². The third kappa shape index (κ3) is 5.70. The number of halogens is 1. The molecular weight excluding hydrogens is 457 g/mol. The summed E-state index contributed by atoms with van der Waals surface area (Å²) in [5, 5.41) is 9.09. The van der Waals surface area contributed by atoms with Crippen molar-refractivity contribution in [1.29, 1.82) is 0 Å². The van der Waals surface area contributed by atoms with E-state index in [-0.39, 0.29) is 24.0 Å². The smallest absolute Gasteiger partial charge is 0.191 e. The van der Waals surface area contributed by atoms with E-state index < -0.39 is 0 Å². The number of benzene rings is 1. The molecule has 0 aliphatic heterocycles. The Hall–Kier alpha value is -1.61. The van der Waals surface area contributed by atoms with Gasteiger partial charge in [-0.05, 0) is 30.9 Å². The van der Waals surface area contributed by atoms with Crippen LogP contribution >= 0.6 is 35.3 Å². The number of aromatic amines is 1. The monoisotopic (exact) mass is 483 g/mol. The zero-order valence-corrected chi connectivity index (χ0v) is 18.4. The zero-order chi connectivity index (χ0) is 17.5. The first-order valence-electron chi connectivity index (χ1n) is 8.81. The highest BCUT2D eigenvalue weighted by Gasteiger charge is 2.03. The van der Waals surface area contributed by atoms with Crippen LogP contribution < -0.4 is 10.6 Å². The van der Waals surface area contributed by atoms with E-state index in [1.54, 1.807) is 11.3 Å². The predicted octanol–water partition coefficient (Wildman–Crippen LogP) is 4.10. The molecule has 0 spiro atoms. The van der Waals surface area contributed by atoms with Crippen molar-refractivity contribution >= 4 is 52.2 Å².